The number of alkyl halides is 2. The van der Waals surface area contributed by atoms with Crippen LogP contribution in [-0.2, 0) is 0 Å². The summed E-state index contributed by atoms with van der Waals surface area (Å²) in [5.74, 6) is 0. The van der Waals surface area contributed by atoms with Gasteiger partial charge >= 0.3 is 0 Å². The Hall–Kier alpha value is 0.580. The van der Waals surface area contributed by atoms with Gasteiger partial charge in [0.05, 0.1) is 10.3 Å². The van der Waals surface area contributed by atoms with Gasteiger partial charge in [-0.05, 0) is 13.3 Å². The molecule has 6 heavy (non-hydrogen) atoms. The molecule has 0 aromatic rings. The molecule has 2 unspecified atom stereocenters. The summed E-state index contributed by atoms with van der Waals surface area (Å²) in [7, 11) is 0. The molecule has 2 atom stereocenters. The van der Waals surface area contributed by atoms with Crippen LogP contribution in [0.2, 0.25) is 0 Å². The largest absolute Gasteiger partial charge is 0.121 e. The molecule has 0 radical (unpaired) electrons. The zero-order chi connectivity index (χ0) is 4.78. The fraction of sp³-hybridized carbons (Fsp3) is 1.00. The van der Waals surface area contributed by atoms with Gasteiger partial charge in [0.25, 0.3) is 0 Å². The Morgan fingerprint density at radius 3 is 2.00 bits per heavy atom. The van der Waals surface area contributed by atoms with Crippen LogP contribution in [0.1, 0.15) is 13.3 Å². The van der Waals surface area contributed by atoms with Crippen molar-refractivity contribution in [3.8, 4) is 0 Å². The van der Waals surface area contributed by atoms with Gasteiger partial charge in [-0.25, -0.2) is 0 Å². The van der Waals surface area contributed by atoms with E-state index in [1.165, 1.54) is 0 Å². The third kappa shape index (κ3) is 0.640. The minimum atomic E-state index is -0.0540. The summed E-state index contributed by atoms with van der Waals surface area (Å²) in [5.41, 5.74) is 0. The van der Waals surface area contributed by atoms with Crippen LogP contribution in [0.5, 0.6) is 0 Å². The summed E-state index contributed by atoms with van der Waals surface area (Å²) >= 11 is 11.2. The van der Waals surface area contributed by atoms with E-state index in [0.717, 1.165) is 6.42 Å². The van der Waals surface area contributed by atoms with E-state index < -0.39 is 0 Å². The van der Waals surface area contributed by atoms with Crippen molar-refractivity contribution in [3.63, 3.8) is 0 Å². The van der Waals surface area contributed by atoms with Gasteiger partial charge in [-0.2, -0.15) is 0 Å². The summed E-state index contributed by atoms with van der Waals surface area (Å²) < 4.78 is 0. The van der Waals surface area contributed by atoms with Gasteiger partial charge in [0, 0.05) is 0 Å². The first-order valence-electron chi connectivity index (χ1n) is 1.96. The Bertz CT molecular complexity index is 67.9. The molecule has 0 bridgehead atoms. The highest BCUT2D eigenvalue weighted by atomic mass is 35.5. The first kappa shape index (κ1) is 4.73. The average Bonchev–Trinajstić information content (AvgIpc) is 1.73. The van der Waals surface area contributed by atoms with Gasteiger partial charge in [-0.15, -0.1) is 23.2 Å². The fourth-order valence-electron chi connectivity index (χ4n) is 0.291. The quantitative estimate of drug-likeness (QED) is 0.434. The van der Waals surface area contributed by atoms with E-state index in [2.05, 4.69) is 0 Å². The number of rotatable bonds is 0. The lowest BCUT2D eigenvalue weighted by molar-refractivity contribution is 1.04. The van der Waals surface area contributed by atoms with Crippen molar-refractivity contribution in [3.05, 3.63) is 0 Å². The van der Waals surface area contributed by atoms with E-state index in [-0.39, 0.29) is 10.3 Å². The minimum Gasteiger partial charge on any atom is -0.121 e. The summed E-state index contributed by atoms with van der Waals surface area (Å²) in [6, 6.07) is 0. The van der Waals surface area contributed by atoms with Crippen LogP contribution in [0.3, 0.4) is 0 Å². The number of hydrogen-bond acceptors (Lipinski definition) is 0. The first-order valence-corrected chi connectivity index (χ1v) is 2.77. The topological polar surface area (TPSA) is 0 Å². The van der Waals surface area contributed by atoms with E-state index in [0.29, 0.717) is 0 Å². The molecule has 0 saturated heterocycles. The van der Waals surface area contributed by atoms with E-state index in [9.17, 15) is 0 Å². The van der Waals surface area contributed by atoms with Gasteiger partial charge < -0.3 is 0 Å². The maximum atomic E-state index is 5.66. The van der Waals surface area contributed by atoms with Crippen molar-refractivity contribution in [2.75, 3.05) is 0 Å². The van der Waals surface area contributed by atoms with Crippen molar-refractivity contribution in [2.24, 2.45) is 0 Å². The predicted octanol–water partition coefficient (Wildman–Crippen LogP) is 2.00. The highest BCUT2D eigenvalue weighted by Gasteiger charge is 2.47. The van der Waals surface area contributed by atoms with Crippen molar-refractivity contribution in [1.82, 2.24) is 0 Å². The van der Waals surface area contributed by atoms with E-state index >= 15 is 0 Å². The predicted molar refractivity (Wildman–Crippen MR) is 28.5 cm³/mol. The Balaban J connectivity index is 2.41. The maximum absolute atomic E-state index is 5.66. The molecule has 0 heterocycles. The third-order valence-electron chi connectivity index (χ3n) is 1.07. The second-order valence-electron chi connectivity index (χ2n) is 1.95. The fourth-order valence-corrected chi connectivity index (χ4v) is 0.845. The average molecular weight is 125 g/mol. The molecule has 2 heteroatoms. The summed E-state index contributed by atoms with van der Waals surface area (Å²) in [6.45, 7) is 1.95. The molecule has 1 rings (SSSR count). The van der Waals surface area contributed by atoms with Gasteiger partial charge in [0.1, 0.15) is 0 Å². The molecule has 0 aromatic heterocycles. The zero-order valence-electron chi connectivity index (χ0n) is 3.54. The van der Waals surface area contributed by atoms with Crippen molar-refractivity contribution in [2.45, 2.75) is 23.6 Å². The Kier molecular flexibility index (Phi) is 0.825. The van der Waals surface area contributed by atoms with Crippen LogP contribution in [-0.4, -0.2) is 10.3 Å². The molecule has 1 aliphatic carbocycles. The molecule has 1 fully saturated rings. The molecule has 0 amide bonds. The number of halogens is 2. The number of hydrogen-bond donors (Lipinski definition) is 0. The maximum Gasteiger partial charge on any atom is 0.0597 e. The van der Waals surface area contributed by atoms with Crippen LogP contribution in [0.4, 0.5) is 0 Å². The monoisotopic (exact) mass is 124 g/mol. The molecule has 0 spiro atoms. The molecular weight excluding hydrogens is 119 g/mol. The smallest absolute Gasteiger partial charge is 0.0597 e. The third-order valence-corrected chi connectivity index (χ3v) is 2.24. The zero-order valence-corrected chi connectivity index (χ0v) is 5.05. The summed E-state index contributed by atoms with van der Waals surface area (Å²) in [6.07, 6.45) is 0.968. The Morgan fingerprint density at radius 1 is 1.83 bits per heavy atom. The van der Waals surface area contributed by atoms with Crippen molar-refractivity contribution < 1.29 is 0 Å². The second kappa shape index (κ2) is 1.05. The molecule has 0 aromatic carbocycles. The van der Waals surface area contributed by atoms with Gasteiger partial charge in [0.15, 0.2) is 0 Å². The molecule has 1 aliphatic rings. The van der Waals surface area contributed by atoms with Gasteiger partial charge in [-0.3, -0.25) is 0 Å². The van der Waals surface area contributed by atoms with Crippen LogP contribution in [0.25, 0.3) is 0 Å². The molecule has 36 valence electrons. The Labute approximate surface area is 47.4 Å². The Morgan fingerprint density at radius 2 is 2.00 bits per heavy atom. The summed E-state index contributed by atoms with van der Waals surface area (Å²) in [5, 5.41) is 0.235. The van der Waals surface area contributed by atoms with Crippen LogP contribution in [0, 0.1) is 0 Å². The normalized spacial score (nSPS) is 55.5. The minimum absolute atomic E-state index is 0.0540. The second-order valence-corrected chi connectivity index (χ2v) is 3.34. The molecule has 0 aliphatic heterocycles. The van der Waals surface area contributed by atoms with Gasteiger partial charge in [-0.1, -0.05) is 0 Å². The standard InChI is InChI=1S/C4H6Cl2/c1-4(6)2-3(4)5/h3H,2H2,1H3. The van der Waals surface area contributed by atoms with Crippen LogP contribution in [0.15, 0.2) is 0 Å². The molecular formula is C4H6Cl2. The van der Waals surface area contributed by atoms with E-state index in [1.54, 1.807) is 0 Å². The lowest BCUT2D eigenvalue weighted by atomic mass is 10.5. The lowest BCUT2D eigenvalue weighted by Gasteiger charge is -1.86. The van der Waals surface area contributed by atoms with Crippen molar-refractivity contribution >= 4 is 23.2 Å². The first-order chi connectivity index (χ1) is 2.63. The van der Waals surface area contributed by atoms with E-state index in [4.69, 9.17) is 23.2 Å². The SMILES string of the molecule is CC1(Cl)CC1Cl. The summed E-state index contributed by atoms with van der Waals surface area (Å²) in [4.78, 5) is -0.0540. The van der Waals surface area contributed by atoms with Crippen molar-refractivity contribution in [1.29, 1.82) is 0 Å². The molecule has 0 nitrogen and oxygen atoms in total. The van der Waals surface area contributed by atoms with Gasteiger partial charge in [0.2, 0.25) is 0 Å². The van der Waals surface area contributed by atoms with Crippen LogP contribution < -0.4 is 0 Å². The molecule has 1 saturated carbocycles. The van der Waals surface area contributed by atoms with E-state index in [1.807, 2.05) is 6.92 Å². The van der Waals surface area contributed by atoms with Crippen LogP contribution >= 0.6 is 23.2 Å². The lowest BCUT2D eigenvalue weighted by Crippen LogP contribution is -1.89. The molecule has 0 N–H and O–H groups in total. The highest BCUT2D eigenvalue weighted by Crippen LogP contribution is 2.46. The highest BCUT2D eigenvalue weighted by molar-refractivity contribution is 6.36.